The first-order chi connectivity index (χ1) is 19.4. The molecule has 3 aromatic carbocycles. The topological polar surface area (TPSA) is 99.2 Å². The molecule has 3 aliphatic rings. The number of nitrogens with one attached hydrogen (secondary N) is 1. The Labute approximate surface area is 233 Å². The maximum absolute atomic E-state index is 13.6. The lowest BCUT2D eigenvalue weighted by Crippen LogP contribution is -2.53. The number of likely N-dealkylation sites (tertiary alicyclic amines) is 1. The van der Waals surface area contributed by atoms with Crippen LogP contribution in [-0.2, 0) is 20.9 Å². The number of carboxylic acid groups (broad SMARTS) is 1. The van der Waals surface area contributed by atoms with Crippen molar-refractivity contribution in [2.75, 3.05) is 33.3 Å². The van der Waals surface area contributed by atoms with Gasteiger partial charge >= 0.3 is 12.1 Å². The van der Waals surface area contributed by atoms with Crippen LogP contribution in [0, 0.1) is 17.8 Å². The molecule has 1 saturated heterocycles. The zero-order valence-corrected chi connectivity index (χ0v) is 22.4. The average Bonchev–Trinajstić information content (AvgIpc) is 3.30. The highest BCUT2D eigenvalue weighted by atomic mass is 16.5. The fraction of sp³-hybridized carbons (Fsp3) is 0.344. The van der Waals surface area contributed by atoms with Crippen LogP contribution in [0.5, 0.6) is 0 Å². The van der Waals surface area contributed by atoms with Crippen molar-refractivity contribution in [3.63, 3.8) is 0 Å². The Morgan fingerprint density at radius 1 is 0.925 bits per heavy atom. The fourth-order valence-electron chi connectivity index (χ4n) is 6.53. The molecule has 6 rings (SSSR count). The lowest BCUT2D eigenvalue weighted by Gasteiger charge is -2.29. The Hall–Kier alpha value is -4.17. The Kier molecular flexibility index (Phi) is 7.02. The van der Waals surface area contributed by atoms with E-state index < -0.39 is 18.1 Å². The van der Waals surface area contributed by atoms with Crippen molar-refractivity contribution >= 4 is 18.0 Å². The van der Waals surface area contributed by atoms with E-state index in [9.17, 15) is 19.5 Å². The molecule has 0 radical (unpaired) electrons. The Morgan fingerprint density at radius 2 is 1.50 bits per heavy atom. The van der Waals surface area contributed by atoms with Crippen LogP contribution in [0.15, 0.2) is 78.9 Å². The van der Waals surface area contributed by atoms with Gasteiger partial charge in [-0.1, -0.05) is 78.9 Å². The molecule has 206 valence electrons. The van der Waals surface area contributed by atoms with Crippen molar-refractivity contribution < 1.29 is 24.2 Å². The molecule has 0 bridgehead atoms. The van der Waals surface area contributed by atoms with Gasteiger partial charge in [-0.15, -0.1) is 0 Å². The van der Waals surface area contributed by atoms with Crippen LogP contribution in [0.1, 0.15) is 22.6 Å². The highest BCUT2D eigenvalue weighted by molar-refractivity contribution is 5.87. The summed E-state index contributed by atoms with van der Waals surface area (Å²) in [5.41, 5.74) is 5.64. The number of benzene rings is 3. The Balaban J connectivity index is 1.13. The minimum atomic E-state index is -0.815. The lowest BCUT2D eigenvalue weighted by molar-refractivity contribution is -0.141. The van der Waals surface area contributed by atoms with Crippen LogP contribution in [0.2, 0.25) is 0 Å². The Morgan fingerprint density at radius 3 is 2.10 bits per heavy atom. The molecule has 2 amide bonds. The predicted molar refractivity (Wildman–Crippen MR) is 149 cm³/mol. The standard InChI is InChI=1S/C32H33N3O5/c1-34(15-20-9-3-2-4-10-20)18-28(30(36)35-16-25-26(17-35)29(25)31(37)38)33-32(39)40-19-27-23-13-7-5-11-21(23)22-12-6-8-14-24(22)27/h2-14,25-29H,15-19H2,1H3,(H,33,39)(H,37,38)/t25-,26+,28?,29?. The van der Waals surface area contributed by atoms with Crippen molar-refractivity contribution in [2.45, 2.75) is 18.5 Å². The van der Waals surface area contributed by atoms with Gasteiger partial charge in [0.25, 0.3) is 0 Å². The van der Waals surface area contributed by atoms with Crippen molar-refractivity contribution in [3.8, 4) is 11.1 Å². The summed E-state index contributed by atoms with van der Waals surface area (Å²) in [6, 6.07) is 25.4. The number of carbonyl (C=O) groups excluding carboxylic acids is 2. The number of rotatable bonds is 9. The van der Waals surface area contributed by atoms with Crippen molar-refractivity contribution in [3.05, 3.63) is 95.6 Å². The first-order valence-electron chi connectivity index (χ1n) is 13.8. The smallest absolute Gasteiger partial charge is 0.407 e. The summed E-state index contributed by atoms with van der Waals surface area (Å²) < 4.78 is 5.74. The van der Waals surface area contributed by atoms with Crippen molar-refractivity contribution in [1.82, 2.24) is 15.1 Å². The molecular weight excluding hydrogens is 506 g/mol. The van der Waals surface area contributed by atoms with Crippen LogP contribution in [-0.4, -0.2) is 72.2 Å². The van der Waals surface area contributed by atoms with Crippen LogP contribution < -0.4 is 5.32 Å². The molecule has 1 aliphatic heterocycles. The average molecular weight is 540 g/mol. The van der Waals surface area contributed by atoms with E-state index in [0.29, 0.717) is 26.2 Å². The molecule has 1 heterocycles. The maximum atomic E-state index is 13.6. The first kappa shape index (κ1) is 26.1. The van der Waals surface area contributed by atoms with E-state index in [0.717, 1.165) is 27.8 Å². The molecule has 0 aromatic heterocycles. The number of hydrogen-bond donors (Lipinski definition) is 2. The predicted octanol–water partition coefficient (Wildman–Crippen LogP) is 3.81. The fourth-order valence-corrected chi connectivity index (χ4v) is 6.53. The molecule has 2 unspecified atom stereocenters. The number of likely N-dealkylation sites (N-methyl/N-ethyl adjacent to an activating group) is 1. The SMILES string of the molecule is CN(Cc1ccccc1)CC(NC(=O)OCC1c2ccccc2-c2ccccc21)C(=O)N1C[C@@H]2C(C(=O)O)[C@@H]2C1. The second-order valence-electron chi connectivity index (χ2n) is 11.1. The van der Waals surface area contributed by atoms with Gasteiger partial charge in [0.2, 0.25) is 5.91 Å². The van der Waals surface area contributed by atoms with E-state index >= 15 is 0 Å². The number of carbonyl (C=O) groups is 3. The summed E-state index contributed by atoms with van der Waals surface area (Å²) in [6.07, 6.45) is -0.638. The number of nitrogens with zero attached hydrogens (tertiary/aromatic N) is 2. The van der Waals surface area contributed by atoms with Crippen LogP contribution in [0.25, 0.3) is 11.1 Å². The van der Waals surface area contributed by atoms with E-state index in [1.807, 2.05) is 66.5 Å². The number of ether oxygens (including phenoxy) is 1. The molecule has 40 heavy (non-hydrogen) atoms. The van der Waals surface area contributed by atoms with Gasteiger partial charge in [0, 0.05) is 32.1 Å². The summed E-state index contributed by atoms with van der Waals surface area (Å²) >= 11 is 0. The summed E-state index contributed by atoms with van der Waals surface area (Å²) in [7, 11) is 1.91. The first-order valence-corrected chi connectivity index (χ1v) is 13.8. The van der Waals surface area contributed by atoms with Gasteiger partial charge in [-0.25, -0.2) is 4.79 Å². The van der Waals surface area contributed by atoms with E-state index in [4.69, 9.17) is 4.74 Å². The van der Waals surface area contributed by atoms with E-state index in [-0.39, 0.29) is 36.2 Å². The number of piperidine rings is 1. The third-order valence-corrected chi connectivity index (χ3v) is 8.51. The number of fused-ring (bicyclic) bond motifs is 4. The number of carboxylic acids is 1. The third kappa shape index (κ3) is 5.07. The molecule has 8 heteroatoms. The molecule has 2 fully saturated rings. The molecular formula is C32H33N3O5. The molecule has 0 spiro atoms. The van der Waals surface area contributed by atoms with Crippen LogP contribution in [0.3, 0.4) is 0 Å². The highest BCUT2D eigenvalue weighted by Gasteiger charge is 2.60. The van der Waals surface area contributed by atoms with Gasteiger partial charge in [-0.2, -0.15) is 0 Å². The van der Waals surface area contributed by atoms with Gasteiger partial charge in [0.05, 0.1) is 5.92 Å². The second-order valence-corrected chi connectivity index (χ2v) is 11.1. The highest BCUT2D eigenvalue weighted by Crippen LogP contribution is 2.51. The van der Waals surface area contributed by atoms with Crippen molar-refractivity contribution in [1.29, 1.82) is 0 Å². The molecule has 8 nitrogen and oxygen atoms in total. The largest absolute Gasteiger partial charge is 0.481 e. The van der Waals surface area contributed by atoms with Gasteiger partial charge in [-0.05, 0) is 46.7 Å². The van der Waals surface area contributed by atoms with Gasteiger partial charge in [-0.3, -0.25) is 14.5 Å². The van der Waals surface area contributed by atoms with E-state index in [1.165, 1.54) is 0 Å². The second kappa shape index (κ2) is 10.8. The molecule has 1 saturated carbocycles. The summed E-state index contributed by atoms with van der Waals surface area (Å²) in [4.78, 5) is 41.8. The molecule has 3 aromatic rings. The zero-order chi connectivity index (χ0) is 27.8. The van der Waals surface area contributed by atoms with E-state index in [2.05, 4.69) is 29.6 Å². The molecule has 2 aliphatic carbocycles. The maximum Gasteiger partial charge on any atom is 0.407 e. The van der Waals surface area contributed by atoms with Gasteiger partial charge in [0.1, 0.15) is 12.6 Å². The quantitative estimate of drug-likeness (QED) is 0.429. The summed E-state index contributed by atoms with van der Waals surface area (Å²) in [5, 5.41) is 12.2. The monoisotopic (exact) mass is 539 g/mol. The summed E-state index contributed by atoms with van der Waals surface area (Å²) in [5.74, 6) is -1.44. The zero-order valence-electron chi connectivity index (χ0n) is 22.4. The Bertz CT molecular complexity index is 1370. The number of aliphatic carboxylic acids is 1. The summed E-state index contributed by atoms with van der Waals surface area (Å²) in [6.45, 7) is 1.89. The minimum Gasteiger partial charge on any atom is -0.481 e. The third-order valence-electron chi connectivity index (χ3n) is 8.51. The minimum absolute atomic E-state index is 0.00129. The number of amides is 2. The number of hydrogen-bond acceptors (Lipinski definition) is 5. The van der Waals surface area contributed by atoms with E-state index in [1.54, 1.807) is 4.90 Å². The normalized spacial score (nSPS) is 21.4. The molecule has 4 atom stereocenters. The van der Waals surface area contributed by atoms with Crippen molar-refractivity contribution in [2.24, 2.45) is 17.8 Å². The molecule has 2 N–H and O–H groups in total. The van der Waals surface area contributed by atoms with Crippen LogP contribution in [0.4, 0.5) is 4.79 Å². The lowest BCUT2D eigenvalue weighted by atomic mass is 9.98. The van der Waals surface area contributed by atoms with Gasteiger partial charge < -0.3 is 20.1 Å². The number of alkyl carbamates (subject to hydrolysis) is 1. The van der Waals surface area contributed by atoms with Crippen LogP contribution >= 0.6 is 0 Å². The van der Waals surface area contributed by atoms with Gasteiger partial charge in [0.15, 0.2) is 0 Å².